The number of rotatable bonds is 2. The Morgan fingerprint density at radius 1 is 1.26 bits per heavy atom. The van der Waals surface area contributed by atoms with Gasteiger partial charge in [0.25, 0.3) is 0 Å². The molecule has 0 aliphatic heterocycles. The molecular formula is C17H19BrS. The van der Waals surface area contributed by atoms with Crippen LogP contribution in [-0.4, -0.2) is 12.5 Å². The highest BCUT2D eigenvalue weighted by atomic mass is 79.9. The van der Waals surface area contributed by atoms with E-state index in [1.165, 1.54) is 21.2 Å². The molecule has 0 nitrogen and oxygen atoms in total. The molecule has 0 aromatic heterocycles. The van der Waals surface area contributed by atoms with Crippen LogP contribution >= 0.6 is 26.0 Å². The smallest absolute Gasteiger partial charge is 0.0390 e. The van der Waals surface area contributed by atoms with Crippen LogP contribution in [0.2, 0.25) is 0 Å². The Labute approximate surface area is 125 Å². The molecule has 0 N–H and O–H groups in total. The Morgan fingerprint density at radius 2 is 2.05 bits per heavy atom. The van der Waals surface area contributed by atoms with Gasteiger partial charge >= 0.3 is 0 Å². The van der Waals surface area contributed by atoms with Gasteiger partial charge in [-0.25, -0.2) is 10.0 Å². The zero-order chi connectivity index (χ0) is 13.6. The van der Waals surface area contributed by atoms with Crippen LogP contribution in [0.25, 0.3) is 6.08 Å². The van der Waals surface area contributed by atoms with E-state index in [1.54, 1.807) is 4.91 Å². The second-order valence-electron chi connectivity index (χ2n) is 5.66. The molecule has 100 valence electrons. The molecule has 0 fully saturated rings. The highest BCUT2D eigenvalue weighted by Crippen LogP contribution is 2.67. The quantitative estimate of drug-likeness (QED) is 0.639. The SMILES string of the molecule is CC1=Cc2c(Br)cccc2C1S(C)(C)C1=CCC=C1. The number of benzene rings is 1. The minimum absolute atomic E-state index is 0.564. The van der Waals surface area contributed by atoms with Crippen molar-refractivity contribution in [2.45, 2.75) is 18.6 Å². The van der Waals surface area contributed by atoms with Crippen molar-refractivity contribution in [1.82, 2.24) is 0 Å². The van der Waals surface area contributed by atoms with Crippen molar-refractivity contribution >= 4 is 32.0 Å². The molecule has 1 aromatic rings. The van der Waals surface area contributed by atoms with E-state index in [-0.39, 0.29) is 0 Å². The van der Waals surface area contributed by atoms with Gasteiger partial charge in [-0.1, -0.05) is 57.9 Å². The van der Waals surface area contributed by atoms with Crippen LogP contribution < -0.4 is 0 Å². The molecule has 2 heteroatoms. The molecule has 2 aliphatic rings. The van der Waals surface area contributed by atoms with Gasteiger partial charge < -0.3 is 0 Å². The Hall–Kier alpha value is -0.730. The molecule has 0 saturated heterocycles. The Kier molecular flexibility index (Phi) is 3.26. The van der Waals surface area contributed by atoms with Crippen molar-refractivity contribution in [3.63, 3.8) is 0 Å². The van der Waals surface area contributed by atoms with Crippen LogP contribution in [0.5, 0.6) is 0 Å². The van der Waals surface area contributed by atoms with Gasteiger partial charge in [-0.15, -0.1) is 0 Å². The van der Waals surface area contributed by atoms with Gasteiger partial charge in [-0.05, 0) is 48.0 Å². The van der Waals surface area contributed by atoms with Crippen LogP contribution in [0, 0.1) is 0 Å². The van der Waals surface area contributed by atoms with E-state index in [2.05, 4.69) is 77.9 Å². The number of halogens is 1. The molecule has 0 spiro atoms. The minimum Gasteiger partial charge on any atom is -0.210 e. The predicted octanol–water partition coefficient (Wildman–Crippen LogP) is 5.82. The van der Waals surface area contributed by atoms with E-state index in [0.29, 0.717) is 5.25 Å². The van der Waals surface area contributed by atoms with Crippen molar-refractivity contribution in [3.8, 4) is 0 Å². The predicted molar refractivity (Wildman–Crippen MR) is 91.8 cm³/mol. The average molecular weight is 335 g/mol. The van der Waals surface area contributed by atoms with Crippen LogP contribution in [0.4, 0.5) is 0 Å². The number of fused-ring (bicyclic) bond motifs is 1. The lowest BCUT2D eigenvalue weighted by Gasteiger charge is -2.40. The molecule has 1 aromatic carbocycles. The lowest BCUT2D eigenvalue weighted by atomic mass is 10.1. The first-order valence-corrected chi connectivity index (χ1v) is 9.88. The van der Waals surface area contributed by atoms with Crippen molar-refractivity contribution in [3.05, 3.63) is 62.5 Å². The third-order valence-corrected chi connectivity index (χ3v) is 8.10. The summed E-state index contributed by atoms with van der Waals surface area (Å²) in [7, 11) is -0.833. The van der Waals surface area contributed by atoms with Crippen molar-refractivity contribution in [2.75, 3.05) is 12.5 Å². The van der Waals surface area contributed by atoms with Gasteiger partial charge in [0, 0.05) is 9.72 Å². The minimum atomic E-state index is -0.833. The molecule has 19 heavy (non-hydrogen) atoms. The largest absolute Gasteiger partial charge is 0.210 e. The van der Waals surface area contributed by atoms with Crippen LogP contribution in [0.15, 0.2) is 51.4 Å². The molecule has 0 radical (unpaired) electrons. The normalized spacial score (nSPS) is 22.2. The van der Waals surface area contributed by atoms with Crippen LogP contribution in [-0.2, 0) is 0 Å². The van der Waals surface area contributed by atoms with E-state index in [0.717, 1.165) is 6.42 Å². The Morgan fingerprint density at radius 3 is 2.74 bits per heavy atom. The fourth-order valence-corrected chi connectivity index (χ4v) is 6.81. The maximum atomic E-state index is 3.69. The van der Waals surface area contributed by atoms with E-state index in [1.807, 2.05) is 0 Å². The molecule has 0 bridgehead atoms. The maximum absolute atomic E-state index is 3.69. The molecule has 0 saturated carbocycles. The van der Waals surface area contributed by atoms with Crippen LogP contribution in [0.1, 0.15) is 29.7 Å². The lowest BCUT2D eigenvalue weighted by molar-refractivity contribution is 1.14. The zero-order valence-corrected chi connectivity index (χ0v) is 14.0. The molecule has 2 aliphatic carbocycles. The van der Waals surface area contributed by atoms with Gasteiger partial charge in [-0.3, -0.25) is 0 Å². The van der Waals surface area contributed by atoms with Gasteiger partial charge in [0.2, 0.25) is 0 Å². The van der Waals surface area contributed by atoms with E-state index in [4.69, 9.17) is 0 Å². The summed E-state index contributed by atoms with van der Waals surface area (Å²) in [6.07, 6.45) is 15.4. The summed E-state index contributed by atoms with van der Waals surface area (Å²) in [5.41, 5.74) is 4.38. The number of allylic oxidation sites excluding steroid dienone is 3. The van der Waals surface area contributed by atoms with E-state index >= 15 is 0 Å². The highest BCUT2D eigenvalue weighted by molar-refractivity contribution is 9.10. The average Bonchev–Trinajstić information content (AvgIpc) is 2.96. The summed E-state index contributed by atoms with van der Waals surface area (Å²) >= 11 is 3.69. The summed E-state index contributed by atoms with van der Waals surface area (Å²) in [5.74, 6) is 0. The van der Waals surface area contributed by atoms with Crippen LogP contribution in [0.3, 0.4) is 0 Å². The summed E-state index contributed by atoms with van der Waals surface area (Å²) in [6.45, 7) is 2.28. The highest BCUT2D eigenvalue weighted by Gasteiger charge is 2.35. The van der Waals surface area contributed by atoms with Crippen molar-refractivity contribution in [1.29, 1.82) is 0 Å². The Bertz CT molecular complexity index is 620. The first-order valence-electron chi connectivity index (χ1n) is 6.57. The monoisotopic (exact) mass is 334 g/mol. The van der Waals surface area contributed by atoms with Gasteiger partial charge in [0.05, 0.1) is 0 Å². The molecule has 1 atom stereocenters. The number of hydrogen-bond donors (Lipinski definition) is 0. The maximum Gasteiger partial charge on any atom is 0.0390 e. The van der Waals surface area contributed by atoms with Crippen molar-refractivity contribution < 1.29 is 0 Å². The number of hydrogen-bond acceptors (Lipinski definition) is 0. The third kappa shape index (κ3) is 2.05. The molecule has 0 heterocycles. The second-order valence-corrected chi connectivity index (χ2v) is 10.3. The topological polar surface area (TPSA) is 0 Å². The first-order chi connectivity index (χ1) is 9.01. The molecule has 3 rings (SSSR count). The van der Waals surface area contributed by atoms with Gasteiger partial charge in [0.1, 0.15) is 0 Å². The van der Waals surface area contributed by atoms with Gasteiger partial charge in [0.15, 0.2) is 0 Å². The van der Waals surface area contributed by atoms with E-state index in [9.17, 15) is 0 Å². The molecular weight excluding hydrogens is 316 g/mol. The summed E-state index contributed by atoms with van der Waals surface area (Å²) < 4.78 is 1.22. The first kappa shape index (κ1) is 13.3. The summed E-state index contributed by atoms with van der Waals surface area (Å²) in [5, 5.41) is 0.564. The third-order valence-electron chi connectivity index (χ3n) is 4.09. The second kappa shape index (κ2) is 4.68. The molecule has 1 unspecified atom stereocenters. The Balaban J connectivity index is 2.11. The molecule has 0 amide bonds. The summed E-state index contributed by atoms with van der Waals surface area (Å²) in [4.78, 5) is 1.55. The van der Waals surface area contributed by atoms with E-state index < -0.39 is 10.0 Å². The standard InChI is InChI=1S/C17H19BrS/c1-12-11-15-14(9-6-10-16(15)18)17(12)19(2,3)13-7-4-5-8-13/h4,6-11,17H,5H2,1-3H3. The fraction of sp³-hybridized carbons (Fsp3) is 0.294. The van der Waals surface area contributed by atoms with Crippen molar-refractivity contribution in [2.24, 2.45) is 0 Å². The summed E-state index contributed by atoms with van der Waals surface area (Å²) in [6, 6.07) is 6.60. The van der Waals surface area contributed by atoms with Gasteiger partial charge in [-0.2, -0.15) is 0 Å². The fourth-order valence-electron chi connectivity index (χ4n) is 3.23. The lowest BCUT2D eigenvalue weighted by Crippen LogP contribution is -2.09. The zero-order valence-electron chi connectivity index (χ0n) is 11.6.